The molecular formula is C12H8ClFO2. The number of halogens is 2. The number of carbonyl (C=O) groups excluding carboxylic acids is 1. The molecule has 0 saturated carbocycles. The summed E-state index contributed by atoms with van der Waals surface area (Å²) >= 11 is 5.81. The molecule has 0 atom stereocenters. The zero-order valence-corrected chi connectivity index (χ0v) is 9.00. The highest BCUT2D eigenvalue weighted by Crippen LogP contribution is 2.19. The highest BCUT2D eigenvalue weighted by molar-refractivity contribution is 6.31. The Morgan fingerprint density at radius 2 is 2.19 bits per heavy atom. The van der Waals surface area contributed by atoms with Gasteiger partial charge in [-0.25, -0.2) is 4.39 Å². The maximum Gasteiger partial charge on any atom is 0.202 e. The van der Waals surface area contributed by atoms with E-state index in [9.17, 15) is 9.18 Å². The number of hydrogen-bond acceptors (Lipinski definition) is 2. The summed E-state index contributed by atoms with van der Waals surface area (Å²) in [5.74, 6) is -0.321. The highest BCUT2D eigenvalue weighted by atomic mass is 35.5. The van der Waals surface area contributed by atoms with Crippen molar-refractivity contribution in [2.24, 2.45) is 0 Å². The predicted octanol–water partition coefficient (Wildman–Crippen LogP) is 3.50. The van der Waals surface area contributed by atoms with Crippen LogP contribution in [-0.2, 0) is 6.42 Å². The van der Waals surface area contributed by atoms with Crippen LogP contribution >= 0.6 is 11.6 Å². The summed E-state index contributed by atoms with van der Waals surface area (Å²) in [6.07, 6.45) is 1.53. The maximum atomic E-state index is 12.8. The fourth-order valence-electron chi connectivity index (χ4n) is 1.36. The molecule has 0 saturated heterocycles. The van der Waals surface area contributed by atoms with Gasteiger partial charge in [-0.05, 0) is 29.8 Å². The van der Waals surface area contributed by atoms with E-state index in [-0.39, 0.29) is 23.0 Å². The smallest absolute Gasteiger partial charge is 0.202 e. The summed E-state index contributed by atoms with van der Waals surface area (Å²) in [5, 5.41) is 0.250. The van der Waals surface area contributed by atoms with Crippen LogP contribution in [0.15, 0.2) is 41.0 Å². The maximum absolute atomic E-state index is 12.8. The molecule has 0 radical (unpaired) electrons. The summed E-state index contributed by atoms with van der Waals surface area (Å²) < 4.78 is 17.7. The van der Waals surface area contributed by atoms with Crippen molar-refractivity contribution in [3.05, 3.63) is 58.8 Å². The Morgan fingerprint density at radius 1 is 1.38 bits per heavy atom. The number of ketones is 1. The SMILES string of the molecule is O=C(Cc1ccc(F)cc1Cl)c1ccco1. The highest BCUT2D eigenvalue weighted by Gasteiger charge is 2.12. The molecule has 0 bridgehead atoms. The summed E-state index contributed by atoms with van der Waals surface area (Å²) in [7, 11) is 0. The van der Waals surface area contributed by atoms with Gasteiger partial charge in [0.05, 0.1) is 6.26 Å². The number of furan rings is 1. The van der Waals surface area contributed by atoms with Gasteiger partial charge in [-0.2, -0.15) is 0 Å². The molecule has 0 aliphatic carbocycles. The fraction of sp³-hybridized carbons (Fsp3) is 0.0833. The molecule has 2 nitrogen and oxygen atoms in total. The predicted molar refractivity (Wildman–Crippen MR) is 58.2 cm³/mol. The van der Waals surface area contributed by atoms with Gasteiger partial charge in [-0.15, -0.1) is 0 Å². The zero-order valence-electron chi connectivity index (χ0n) is 8.24. The number of carbonyl (C=O) groups is 1. The van der Waals surface area contributed by atoms with E-state index >= 15 is 0 Å². The summed E-state index contributed by atoms with van der Waals surface area (Å²) in [6, 6.07) is 7.18. The van der Waals surface area contributed by atoms with E-state index in [0.717, 1.165) is 0 Å². The van der Waals surface area contributed by atoms with E-state index in [0.29, 0.717) is 5.56 Å². The molecule has 1 heterocycles. The van der Waals surface area contributed by atoms with Crippen LogP contribution < -0.4 is 0 Å². The van der Waals surface area contributed by atoms with Crippen molar-refractivity contribution in [2.45, 2.75) is 6.42 Å². The first kappa shape index (κ1) is 10.9. The lowest BCUT2D eigenvalue weighted by Crippen LogP contribution is -2.02. The van der Waals surface area contributed by atoms with Crippen molar-refractivity contribution in [1.82, 2.24) is 0 Å². The molecule has 2 rings (SSSR count). The zero-order chi connectivity index (χ0) is 11.5. The quantitative estimate of drug-likeness (QED) is 0.766. The van der Waals surface area contributed by atoms with Gasteiger partial charge >= 0.3 is 0 Å². The van der Waals surface area contributed by atoms with Gasteiger partial charge < -0.3 is 4.42 Å². The molecule has 0 aliphatic rings. The Kier molecular flexibility index (Phi) is 3.06. The average Bonchev–Trinajstić information content (AvgIpc) is 2.75. The molecule has 4 heteroatoms. The van der Waals surface area contributed by atoms with Gasteiger partial charge in [0, 0.05) is 11.4 Å². The minimum absolute atomic E-state index is 0.104. The van der Waals surface area contributed by atoms with Crippen LogP contribution in [0.25, 0.3) is 0 Å². The van der Waals surface area contributed by atoms with Crippen LogP contribution in [0, 0.1) is 5.82 Å². The fourth-order valence-corrected chi connectivity index (χ4v) is 1.60. The van der Waals surface area contributed by atoms with Crippen molar-refractivity contribution >= 4 is 17.4 Å². The average molecular weight is 239 g/mol. The minimum atomic E-state index is -0.417. The van der Waals surface area contributed by atoms with Crippen molar-refractivity contribution in [1.29, 1.82) is 0 Å². The second kappa shape index (κ2) is 4.49. The van der Waals surface area contributed by atoms with Crippen LogP contribution in [0.4, 0.5) is 4.39 Å². The third-order valence-electron chi connectivity index (χ3n) is 2.16. The third-order valence-corrected chi connectivity index (χ3v) is 2.51. The third kappa shape index (κ3) is 2.31. The van der Waals surface area contributed by atoms with E-state index in [1.807, 2.05) is 0 Å². The minimum Gasteiger partial charge on any atom is -0.461 e. The molecule has 0 unspecified atom stereocenters. The van der Waals surface area contributed by atoms with Crippen molar-refractivity contribution < 1.29 is 13.6 Å². The lowest BCUT2D eigenvalue weighted by Gasteiger charge is -2.02. The standard InChI is InChI=1S/C12H8ClFO2/c13-10-7-9(14)4-3-8(10)6-11(15)12-2-1-5-16-12/h1-5,7H,6H2. The van der Waals surface area contributed by atoms with E-state index in [2.05, 4.69) is 0 Å². The second-order valence-electron chi connectivity index (χ2n) is 3.31. The Balaban J connectivity index is 2.18. The van der Waals surface area contributed by atoms with Crippen molar-refractivity contribution in [3.63, 3.8) is 0 Å². The van der Waals surface area contributed by atoms with Crippen LogP contribution in [-0.4, -0.2) is 5.78 Å². The molecule has 0 spiro atoms. The van der Waals surface area contributed by atoms with Crippen LogP contribution in [0.3, 0.4) is 0 Å². The molecule has 82 valence electrons. The molecule has 0 aliphatic heterocycles. The summed E-state index contributed by atoms with van der Waals surface area (Å²) in [4.78, 5) is 11.7. The van der Waals surface area contributed by atoms with E-state index in [4.69, 9.17) is 16.0 Å². The summed E-state index contributed by atoms with van der Waals surface area (Å²) in [5.41, 5.74) is 0.587. The van der Waals surface area contributed by atoms with Gasteiger partial charge in [0.25, 0.3) is 0 Å². The van der Waals surface area contributed by atoms with Gasteiger partial charge in [0.1, 0.15) is 5.82 Å². The van der Waals surface area contributed by atoms with E-state index in [1.165, 1.54) is 24.5 Å². The molecule has 2 aromatic rings. The van der Waals surface area contributed by atoms with E-state index < -0.39 is 5.82 Å². The van der Waals surface area contributed by atoms with Crippen molar-refractivity contribution in [3.8, 4) is 0 Å². The molecule has 1 aromatic heterocycles. The van der Waals surface area contributed by atoms with Gasteiger partial charge in [-0.3, -0.25) is 4.79 Å². The molecule has 1 aromatic carbocycles. The lowest BCUT2D eigenvalue weighted by molar-refractivity contribution is 0.0966. The Bertz CT molecular complexity index is 506. The number of Topliss-reactive ketones (excluding diaryl/α,β-unsaturated/α-hetero) is 1. The lowest BCUT2D eigenvalue weighted by atomic mass is 10.1. The van der Waals surface area contributed by atoms with Crippen LogP contribution in [0.2, 0.25) is 5.02 Å². The molecule has 16 heavy (non-hydrogen) atoms. The molecular weight excluding hydrogens is 231 g/mol. The molecule has 0 fully saturated rings. The van der Waals surface area contributed by atoms with Crippen LogP contribution in [0.5, 0.6) is 0 Å². The Labute approximate surface area is 96.6 Å². The first-order chi connectivity index (χ1) is 7.66. The Hall–Kier alpha value is -1.61. The summed E-state index contributed by atoms with van der Waals surface area (Å²) in [6.45, 7) is 0. The van der Waals surface area contributed by atoms with Gasteiger partial charge in [-0.1, -0.05) is 17.7 Å². The number of benzene rings is 1. The second-order valence-corrected chi connectivity index (χ2v) is 3.72. The largest absolute Gasteiger partial charge is 0.461 e. The first-order valence-corrected chi connectivity index (χ1v) is 5.05. The van der Waals surface area contributed by atoms with Gasteiger partial charge in [0.15, 0.2) is 5.76 Å². The molecule has 0 N–H and O–H groups in total. The van der Waals surface area contributed by atoms with Gasteiger partial charge in [0.2, 0.25) is 5.78 Å². The van der Waals surface area contributed by atoms with Crippen molar-refractivity contribution in [2.75, 3.05) is 0 Å². The molecule has 0 amide bonds. The monoisotopic (exact) mass is 238 g/mol. The number of rotatable bonds is 3. The normalized spacial score (nSPS) is 10.4. The topological polar surface area (TPSA) is 30.2 Å². The number of hydrogen-bond donors (Lipinski definition) is 0. The Morgan fingerprint density at radius 3 is 2.81 bits per heavy atom. The van der Waals surface area contributed by atoms with E-state index in [1.54, 1.807) is 12.1 Å². The first-order valence-electron chi connectivity index (χ1n) is 4.67. The van der Waals surface area contributed by atoms with Crippen LogP contribution in [0.1, 0.15) is 16.1 Å².